The van der Waals surface area contributed by atoms with Crippen molar-refractivity contribution in [3.05, 3.63) is 35.6 Å². The molecule has 1 aliphatic heterocycles. The average molecular weight is 369 g/mol. The number of benzene rings is 1. The number of para-hydroxylation sites is 1. The van der Waals surface area contributed by atoms with Crippen LogP contribution >= 0.6 is 11.3 Å². The van der Waals surface area contributed by atoms with Gasteiger partial charge in [0.05, 0.1) is 21.3 Å². The van der Waals surface area contributed by atoms with Crippen molar-refractivity contribution in [3.8, 4) is 10.6 Å². The molecule has 0 radical (unpaired) electrons. The Morgan fingerprint density at radius 1 is 1.27 bits per heavy atom. The Balaban J connectivity index is 1.98. The van der Waals surface area contributed by atoms with E-state index < -0.39 is 0 Å². The van der Waals surface area contributed by atoms with Crippen LogP contribution in [0.4, 0.5) is 5.88 Å². The molecule has 1 aliphatic rings. The van der Waals surface area contributed by atoms with Crippen molar-refractivity contribution in [3.63, 3.8) is 0 Å². The lowest BCUT2D eigenvalue weighted by atomic mass is 9.81. The quantitative estimate of drug-likeness (QED) is 0.689. The first-order chi connectivity index (χ1) is 12.2. The van der Waals surface area contributed by atoms with E-state index in [0.29, 0.717) is 5.88 Å². The summed E-state index contributed by atoms with van der Waals surface area (Å²) in [5.41, 5.74) is 2.59. The second-order valence-corrected chi connectivity index (χ2v) is 9.12. The molecule has 0 saturated carbocycles. The first kappa shape index (κ1) is 17.2. The molecule has 0 aliphatic carbocycles. The van der Waals surface area contributed by atoms with Crippen molar-refractivity contribution in [1.82, 2.24) is 10.3 Å². The lowest BCUT2D eigenvalue weighted by Crippen LogP contribution is -2.55. The molecule has 0 atom stereocenters. The highest BCUT2D eigenvalue weighted by atomic mass is 32.1. The number of hydrogen-bond acceptors (Lipinski definition) is 5. The minimum Gasteiger partial charge on any atom is -0.442 e. The average Bonchev–Trinajstić information content (AvgIpc) is 3.05. The highest BCUT2D eigenvalue weighted by Crippen LogP contribution is 2.47. The Labute approximate surface area is 156 Å². The number of hydrogen-bond donors (Lipinski definition) is 2. The summed E-state index contributed by atoms with van der Waals surface area (Å²) < 4.78 is 7.30. The Hall–Kier alpha value is -2.18. The van der Waals surface area contributed by atoms with Gasteiger partial charge in [0.15, 0.2) is 0 Å². The fourth-order valence-corrected chi connectivity index (χ4v) is 5.02. The van der Waals surface area contributed by atoms with Crippen molar-refractivity contribution in [2.75, 3.05) is 5.32 Å². The van der Waals surface area contributed by atoms with Crippen LogP contribution in [0.3, 0.4) is 0 Å². The number of thiazole rings is 1. The van der Waals surface area contributed by atoms with Crippen LogP contribution in [0.2, 0.25) is 0 Å². The molecular formula is C20H23N3O2S. The number of carbonyl (C=O) groups is 1. The van der Waals surface area contributed by atoms with Gasteiger partial charge in [-0.15, -0.1) is 11.3 Å². The highest BCUT2D eigenvalue weighted by Gasteiger charge is 2.42. The third kappa shape index (κ3) is 2.83. The van der Waals surface area contributed by atoms with Crippen molar-refractivity contribution >= 4 is 33.3 Å². The van der Waals surface area contributed by atoms with Gasteiger partial charge < -0.3 is 4.42 Å². The predicted molar refractivity (Wildman–Crippen MR) is 106 cm³/mol. The molecule has 3 heterocycles. The second kappa shape index (κ2) is 5.66. The van der Waals surface area contributed by atoms with Crippen LogP contribution in [0.5, 0.6) is 0 Å². The smallest absolute Gasteiger partial charge is 0.223 e. The van der Waals surface area contributed by atoms with E-state index in [-0.39, 0.29) is 17.0 Å². The van der Waals surface area contributed by atoms with Gasteiger partial charge in [0, 0.05) is 18.0 Å². The molecule has 0 unspecified atom stereocenters. The first-order valence-corrected chi connectivity index (χ1v) is 9.57. The molecule has 6 heteroatoms. The van der Waals surface area contributed by atoms with Gasteiger partial charge in [-0.1, -0.05) is 12.1 Å². The van der Waals surface area contributed by atoms with Crippen molar-refractivity contribution in [2.24, 2.45) is 0 Å². The monoisotopic (exact) mass is 369 g/mol. The van der Waals surface area contributed by atoms with Gasteiger partial charge in [-0.3, -0.25) is 15.4 Å². The lowest BCUT2D eigenvalue weighted by molar-refractivity contribution is -0.114. The van der Waals surface area contributed by atoms with Crippen LogP contribution in [-0.2, 0) is 16.8 Å². The summed E-state index contributed by atoms with van der Waals surface area (Å²) >= 11 is 1.63. The summed E-state index contributed by atoms with van der Waals surface area (Å²) in [5, 5.41) is 7.39. The van der Waals surface area contributed by atoms with Crippen molar-refractivity contribution in [2.45, 2.75) is 52.1 Å². The van der Waals surface area contributed by atoms with Gasteiger partial charge in [-0.05, 0) is 46.2 Å². The molecule has 1 aromatic carbocycles. The number of amides is 1. The van der Waals surface area contributed by atoms with E-state index in [9.17, 15) is 4.79 Å². The van der Waals surface area contributed by atoms with Gasteiger partial charge in [0.25, 0.3) is 0 Å². The minimum absolute atomic E-state index is 0.0840. The number of nitrogens with one attached hydrogen (secondary N) is 2. The minimum atomic E-state index is -0.334. The molecule has 2 N–H and O–H groups in total. The standard InChI is InChI=1S/C20H23N3O2S/c1-11(24)21-17-15(18-22-13-8-6-7-9-14(13)26-18)12-10-19(2,3)23-20(4,5)16(12)25-17/h6-9,23H,10H2,1-5H3,(H,21,24). The van der Waals surface area contributed by atoms with Crippen LogP contribution in [0, 0.1) is 0 Å². The SMILES string of the molecule is CC(=O)Nc1oc2c(c1-c1nc3ccccc3s1)CC(C)(C)NC2(C)C. The fourth-order valence-electron chi connectivity index (χ4n) is 3.98. The van der Waals surface area contributed by atoms with Gasteiger partial charge >= 0.3 is 0 Å². The van der Waals surface area contributed by atoms with Crippen LogP contribution in [0.25, 0.3) is 20.8 Å². The topological polar surface area (TPSA) is 67.2 Å². The summed E-state index contributed by atoms with van der Waals surface area (Å²) in [5.74, 6) is 1.22. The van der Waals surface area contributed by atoms with E-state index in [4.69, 9.17) is 9.40 Å². The third-order valence-corrected chi connectivity index (χ3v) is 5.70. The molecule has 0 bridgehead atoms. The van der Waals surface area contributed by atoms with Crippen LogP contribution in [-0.4, -0.2) is 16.4 Å². The van der Waals surface area contributed by atoms with Crippen LogP contribution < -0.4 is 10.6 Å². The number of anilines is 1. The number of carbonyl (C=O) groups excluding carboxylic acids is 1. The Morgan fingerprint density at radius 3 is 2.69 bits per heavy atom. The Kier molecular flexibility index (Phi) is 3.75. The number of rotatable bonds is 2. The largest absolute Gasteiger partial charge is 0.442 e. The van der Waals surface area contributed by atoms with E-state index >= 15 is 0 Å². The zero-order valence-electron chi connectivity index (χ0n) is 15.7. The van der Waals surface area contributed by atoms with Crippen LogP contribution in [0.15, 0.2) is 28.7 Å². The molecule has 2 aromatic heterocycles. The van der Waals surface area contributed by atoms with E-state index in [1.54, 1.807) is 11.3 Å². The van der Waals surface area contributed by atoms with Gasteiger partial charge in [0.2, 0.25) is 11.8 Å². The summed E-state index contributed by atoms with van der Waals surface area (Å²) in [7, 11) is 0. The molecule has 136 valence electrons. The molecule has 4 rings (SSSR count). The second-order valence-electron chi connectivity index (χ2n) is 8.09. The summed E-state index contributed by atoms with van der Waals surface area (Å²) in [6, 6.07) is 8.08. The maximum absolute atomic E-state index is 11.8. The maximum atomic E-state index is 11.8. The zero-order chi connectivity index (χ0) is 18.7. The summed E-state index contributed by atoms with van der Waals surface area (Å²) in [4.78, 5) is 16.6. The fraction of sp³-hybridized carbons (Fsp3) is 0.400. The Bertz CT molecular complexity index is 980. The maximum Gasteiger partial charge on any atom is 0.223 e. The van der Waals surface area contributed by atoms with E-state index in [2.05, 4.69) is 44.4 Å². The number of nitrogens with zero attached hydrogens (tertiary/aromatic N) is 1. The molecule has 5 nitrogen and oxygen atoms in total. The molecule has 0 spiro atoms. The number of aromatic nitrogens is 1. The van der Waals surface area contributed by atoms with E-state index in [1.165, 1.54) is 6.92 Å². The lowest BCUT2D eigenvalue weighted by Gasteiger charge is -2.41. The van der Waals surface area contributed by atoms with E-state index in [0.717, 1.165) is 38.5 Å². The van der Waals surface area contributed by atoms with Gasteiger partial charge in [-0.25, -0.2) is 4.98 Å². The highest BCUT2D eigenvalue weighted by molar-refractivity contribution is 7.21. The molecule has 3 aromatic rings. The summed E-state index contributed by atoms with van der Waals surface area (Å²) in [6.45, 7) is 10.1. The zero-order valence-corrected chi connectivity index (χ0v) is 16.5. The summed E-state index contributed by atoms with van der Waals surface area (Å²) in [6.07, 6.45) is 0.806. The van der Waals surface area contributed by atoms with E-state index in [1.807, 2.05) is 18.2 Å². The van der Waals surface area contributed by atoms with Crippen molar-refractivity contribution < 1.29 is 9.21 Å². The first-order valence-electron chi connectivity index (χ1n) is 8.75. The Morgan fingerprint density at radius 2 is 2.00 bits per heavy atom. The number of furan rings is 1. The molecule has 26 heavy (non-hydrogen) atoms. The van der Waals surface area contributed by atoms with Gasteiger partial charge in [-0.2, -0.15) is 0 Å². The predicted octanol–water partition coefficient (Wildman–Crippen LogP) is 4.67. The molecular weight excluding hydrogens is 346 g/mol. The molecule has 0 saturated heterocycles. The van der Waals surface area contributed by atoms with Crippen molar-refractivity contribution in [1.29, 1.82) is 0 Å². The van der Waals surface area contributed by atoms with Crippen LogP contribution in [0.1, 0.15) is 45.9 Å². The normalized spacial score (nSPS) is 17.9. The van der Waals surface area contributed by atoms with Gasteiger partial charge in [0.1, 0.15) is 10.8 Å². The third-order valence-electron chi connectivity index (χ3n) is 4.64. The molecule has 1 amide bonds. The molecule has 0 fully saturated rings. The number of fused-ring (bicyclic) bond motifs is 2.